The van der Waals surface area contributed by atoms with Gasteiger partial charge >= 0.3 is 0 Å². The molecule has 0 aliphatic heterocycles. The molecule has 0 aliphatic carbocycles. The molecule has 28 heavy (non-hydrogen) atoms. The number of thiazole rings is 1. The van der Waals surface area contributed by atoms with Crippen molar-refractivity contribution in [2.45, 2.75) is 29.7 Å². The second-order valence-electron chi connectivity index (χ2n) is 5.96. The van der Waals surface area contributed by atoms with Crippen LogP contribution in [0.5, 0.6) is 0 Å². The number of hydrogen-bond donors (Lipinski definition) is 1. The smallest absolute Gasteiger partial charge is 0.258 e. The summed E-state index contributed by atoms with van der Waals surface area (Å²) >= 11 is 2.52. The van der Waals surface area contributed by atoms with Crippen LogP contribution in [0.25, 0.3) is 10.2 Å². The largest absolute Gasteiger partial charge is 0.316 e. The van der Waals surface area contributed by atoms with Gasteiger partial charge in [-0.15, -0.1) is 11.8 Å². The highest BCUT2D eigenvalue weighted by Gasteiger charge is 2.13. The van der Waals surface area contributed by atoms with Crippen LogP contribution >= 0.6 is 23.1 Å². The van der Waals surface area contributed by atoms with Crippen LogP contribution in [0.1, 0.15) is 13.3 Å². The summed E-state index contributed by atoms with van der Waals surface area (Å²) in [6.45, 7) is 2.65. The first-order valence-corrected chi connectivity index (χ1v) is 11.7. The summed E-state index contributed by atoms with van der Waals surface area (Å²) in [5.74, 6) is -0.531. The summed E-state index contributed by atoms with van der Waals surface area (Å²) in [6, 6.07) is 10.5. The lowest BCUT2D eigenvalue weighted by Crippen LogP contribution is -2.17. The number of carbonyl (C=O) groups is 1. The number of amides is 1. The minimum atomic E-state index is -3.81. The Balaban J connectivity index is 1.92. The van der Waals surface area contributed by atoms with Crippen LogP contribution in [0.15, 0.2) is 57.2 Å². The molecule has 3 aromatic rings. The predicted molar refractivity (Wildman–Crippen MR) is 109 cm³/mol. The summed E-state index contributed by atoms with van der Waals surface area (Å²) in [6.07, 6.45) is 0.828. The van der Waals surface area contributed by atoms with Gasteiger partial charge in [0.15, 0.2) is 4.80 Å². The van der Waals surface area contributed by atoms with E-state index < -0.39 is 10.0 Å². The van der Waals surface area contributed by atoms with Gasteiger partial charge in [-0.2, -0.15) is 4.99 Å². The normalized spacial score (nSPS) is 12.6. The fourth-order valence-corrected chi connectivity index (χ4v) is 4.98. The van der Waals surface area contributed by atoms with Gasteiger partial charge in [0.1, 0.15) is 5.82 Å². The maximum Gasteiger partial charge on any atom is 0.258 e. The molecule has 3 rings (SSSR count). The number of halogens is 1. The molecule has 1 aromatic heterocycles. The molecule has 0 fully saturated rings. The molecule has 2 N–H and O–H groups in total. The topological polar surface area (TPSA) is 94.5 Å². The van der Waals surface area contributed by atoms with E-state index in [0.717, 1.165) is 16.8 Å². The Morgan fingerprint density at radius 1 is 1.25 bits per heavy atom. The van der Waals surface area contributed by atoms with Crippen LogP contribution in [-0.2, 0) is 21.4 Å². The summed E-state index contributed by atoms with van der Waals surface area (Å²) < 4.78 is 38.7. The van der Waals surface area contributed by atoms with Gasteiger partial charge in [-0.3, -0.25) is 4.79 Å². The highest BCUT2D eigenvalue weighted by atomic mass is 32.2. The Morgan fingerprint density at radius 3 is 2.61 bits per heavy atom. The van der Waals surface area contributed by atoms with E-state index in [1.54, 1.807) is 18.2 Å². The van der Waals surface area contributed by atoms with Crippen LogP contribution < -0.4 is 9.94 Å². The Hall–Kier alpha value is -2.01. The number of fused-ring (bicyclic) bond motifs is 1. The van der Waals surface area contributed by atoms with Gasteiger partial charge in [-0.05, 0) is 48.9 Å². The van der Waals surface area contributed by atoms with Gasteiger partial charge in [0.25, 0.3) is 5.91 Å². The number of thioether (sulfide) groups is 1. The molecule has 0 aliphatic rings. The van der Waals surface area contributed by atoms with Crippen molar-refractivity contribution in [3.63, 3.8) is 0 Å². The van der Waals surface area contributed by atoms with Crippen molar-refractivity contribution in [1.29, 1.82) is 0 Å². The quantitative estimate of drug-likeness (QED) is 0.597. The maximum atomic E-state index is 13.0. The molecule has 2 aromatic carbocycles. The first-order chi connectivity index (χ1) is 13.3. The third-order valence-electron chi connectivity index (χ3n) is 3.83. The SMILES string of the molecule is CCCn1c(=NC(=O)CSc2ccc(F)cc2)sc2cc(S(N)(=O)=O)ccc21. The molecule has 0 saturated carbocycles. The number of primary sulfonamides is 1. The number of nitrogens with two attached hydrogens (primary N) is 1. The van der Waals surface area contributed by atoms with E-state index in [4.69, 9.17) is 5.14 Å². The lowest BCUT2D eigenvalue weighted by Gasteiger charge is -2.03. The fraction of sp³-hybridized carbons (Fsp3) is 0.222. The van der Waals surface area contributed by atoms with Gasteiger partial charge in [0.05, 0.1) is 20.9 Å². The van der Waals surface area contributed by atoms with E-state index in [1.165, 1.54) is 47.4 Å². The molecule has 10 heteroatoms. The third-order valence-corrected chi connectivity index (χ3v) is 6.78. The maximum absolute atomic E-state index is 13.0. The number of sulfonamides is 1. The Labute approximate surface area is 170 Å². The van der Waals surface area contributed by atoms with Crippen LogP contribution in [0, 0.1) is 5.82 Å². The lowest BCUT2D eigenvalue weighted by atomic mass is 10.3. The zero-order chi connectivity index (χ0) is 20.3. The minimum absolute atomic E-state index is 0.0228. The predicted octanol–water partition coefficient (Wildman–Crippen LogP) is 3.12. The number of carbonyl (C=O) groups excluding carboxylic acids is 1. The van der Waals surface area contributed by atoms with Crippen molar-refractivity contribution in [1.82, 2.24) is 4.57 Å². The molecule has 0 unspecified atom stereocenters. The summed E-state index contributed by atoms with van der Waals surface area (Å²) in [4.78, 5) is 17.8. The summed E-state index contributed by atoms with van der Waals surface area (Å²) in [7, 11) is -3.81. The average Bonchev–Trinajstić information content (AvgIpc) is 2.97. The molecule has 6 nitrogen and oxygen atoms in total. The van der Waals surface area contributed by atoms with Crippen LogP contribution in [-0.4, -0.2) is 24.6 Å². The van der Waals surface area contributed by atoms with Crippen molar-refractivity contribution in [2.24, 2.45) is 10.1 Å². The first-order valence-electron chi connectivity index (χ1n) is 8.40. The van der Waals surface area contributed by atoms with E-state index in [2.05, 4.69) is 4.99 Å². The van der Waals surface area contributed by atoms with Gasteiger partial charge in [0, 0.05) is 11.4 Å². The van der Waals surface area contributed by atoms with Gasteiger partial charge in [-0.1, -0.05) is 18.3 Å². The molecule has 0 bridgehead atoms. The minimum Gasteiger partial charge on any atom is -0.316 e. The van der Waals surface area contributed by atoms with Crippen molar-refractivity contribution >= 4 is 49.2 Å². The second-order valence-corrected chi connectivity index (χ2v) is 9.58. The van der Waals surface area contributed by atoms with E-state index in [9.17, 15) is 17.6 Å². The van der Waals surface area contributed by atoms with Crippen LogP contribution in [0.3, 0.4) is 0 Å². The second kappa shape index (κ2) is 8.56. The van der Waals surface area contributed by atoms with Crippen LogP contribution in [0.4, 0.5) is 4.39 Å². The molecule has 0 atom stereocenters. The Bertz CT molecular complexity index is 1180. The van der Waals surface area contributed by atoms with Crippen molar-refractivity contribution in [3.8, 4) is 0 Å². The lowest BCUT2D eigenvalue weighted by molar-refractivity contribution is -0.115. The molecule has 1 heterocycles. The highest BCUT2D eigenvalue weighted by Crippen LogP contribution is 2.22. The van der Waals surface area contributed by atoms with Gasteiger partial charge in [0.2, 0.25) is 10.0 Å². The van der Waals surface area contributed by atoms with E-state index in [1.807, 2.05) is 11.5 Å². The Kier molecular flexibility index (Phi) is 6.33. The molecular weight excluding hydrogens is 421 g/mol. The first kappa shape index (κ1) is 20.7. The van der Waals surface area contributed by atoms with E-state index in [-0.39, 0.29) is 22.4 Å². The van der Waals surface area contributed by atoms with Gasteiger partial charge < -0.3 is 4.57 Å². The fourth-order valence-electron chi connectivity index (χ4n) is 2.57. The molecule has 0 saturated heterocycles. The number of aromatic nitrogens is 1. The van der Waals surface area contributed by atoms with Gasteiger partial charge in [-0.25, -0.2) is 17.9 Å². The van der Waals surface area contributed by atoms with Crippen molar-refractivity contribution in [3.05, 3.63) is 53.1 Å². The molecule has 148 valence electrons. The van der Waals surface area contributed by atoms with Crippen molar-refractivity contribution < 1.29 is 17.6 Å². The zero-order valence-corrected chi connectivity index (χ0v) is 17.4. The highest BCUT2D eigenvalue weighted by molar-refractivity contribution is 8.00. The third kappa shape index (κ3) is 4.88. The number of nitrogens with zero attached hydrogens (tertiary/aromatic N) is 2. The molecular formula is C18H18FN3O3S3. The summed E-state index contributed by atoms with van der Waals surface area (Å²) in [5.41, 5.74) is 0.803. The van der Waals surface area contributed by atoms with E-state index >= 15 is 0 Å². The monoisotopic (exact) mass is 439 g/mol. The molecule has 0 radical (unpaired) electrons. The summed E-state index contributed by atoms with van der Waals surface area (Å²) in [5, 5.41) is 5.20. The number of benzene rings is 2. The van der Waals surface area contributed by atoms with E-state index in [0.29, 0.717) is 16.0 Å². The average molecular weight is 440 g/mol. The molecule has 0 spiro atoms. The zero-order valence-electron chi connectivity index (χ0n) is 15.0. The van der Waals surface area contributed by atoms with Crippen LogP contribution in [0.2, 0.25) is 0 Å². The number of rotatable bonds is 6. The standard InChI is InChI=1S/C18H18FN3O3S3/c1-2-9-22-15-8-7-14(28(20,24)25)10-16(15)27-18(22)21-17(23)11-26-13-5-3-12(19)4-6-13/h3-8,10H,2,9,11H2,1H3,(H2,20,24,25). The number of hydrogen-bond acceptors (Lipinski definition) is 5. The number of aryl methyl sites for hydroxylation is 1. The van der Waals surface area contributed by atoms with Crippen molar-refractivity contribution in [2.75, 3.05) is 5.75 Å². The molecule has 1 amide bonds. The Morgan fingerprint density at radius 2 is 1.96 bits per heavy atom.